The third-order valence-corrected chi connectivity index (χ3v) is 4.85. The SMILES string of the molecule is CCOC(=O)/C=C/C(OCc1ccccc1)[C@H]1COC2(CCCCC2)O1. The molecule has 1 saturated heterocycles. The second kappa shape index (κ2) is 9.31. The maximum Gasteiger partial charge on any atom is 0.330 e. The first kappa shape index (κ1) is 19.1. The normalized spacial score (nSPS) is 23.3. The van der Waals surface area contributed by atoms with Crippen LogP contribution in [0.5, 0.6) is 0 Å². The standard InChI is InChI=1S/C21H28O5/c1-2-23-20(22)12-11-18(24-15-17-9-5-3-6-10-17)19-16-25-21(26-19)13-7-4-8-14-21/h3,5-6,9-12,18-19H,2,4,7-8,13-16H2,1H3/b12-11+/t18?,19-/m1/s1. The topological polar surface area (TPSA) is 54.0 Å². The van der Waals surface area contributed by atoms with Crippen LogP contribution in [0.2, 0.25) is 0 Å². The highest BCUT2D eigenvalue weighted by atomic mass is 16.8. The van der Waals surface area contributed by atoms with Crippen LogP contribution in [-0.4, -0.2) is 37.2 Å². The Morgan fingerprint density at radius 2 is 2.04 bits per heavy atom. The molecular formula is C21H28O5. The van der Waals surface area contributed by atoms with Crippen molar-refractivity contribution in [1.82, 2.24) is 0 Å². The molecule has 1 aliphatic heterocycles. The van der Waals surface area contributed by atoms with E-state index >= 15 is 0 Å². The first-order valence-corrected chi connectivity index (χ1v) is 9.53. The number of carbonyl (C=O) groups excluding carboxylic acids is 1. The fourth-order valence-electron chi connectivity index (χ4n) is 3.51. The van der Waals surface area contributed by atoms with Gasteiger partial charge in [0.25, 0.3) is 0 Å². The Kier molecular flexibility index (Phi) is 6.83. The van der Waals surface area contributed by atoms with Crippen molar-refractivity contribution >= 4 is 5.97 Å². The van der Waals surface area contributed by atoms with Gasteiger partial charge in [0.1, 0.15) is 12.2 Å². The Bertz CT molecular complexity index is 592. The minimum Gasteiger partial charge on any atom is -0.463 e. The molecule has 0 N–H and O–H groups in total. The quantitative estimate of drug-likeness (QED) is 0.547. The van der Waals surface area contributed by atoms with Gasteiger partial charge in [0.2, 0.25) is 0 Å². The van der Waals surface area contributed by atoms with Gasteiger partial charge in [-0.3, -0.25) is 0 Å². The zero-order valence-corrected chi connectivity index (χ0v) is 15.4. The van der Waals surface area contributed by atoms with Crippen LogP contribution in [0.1, 0.15) is 44.6 Å². The molecule has 1 spiro atoms. The summed E-state index contributed by atoms with van der Waals surface area (Å²) < 4.78 is 23.4. The van der Waals surface area contributed by atoms with Crippen molar-refractivity contribution in [3.63, 3.8) is 0 Å². The monoisotopic (exact) mass is 360 g/mol. The van der Waals surface area contributed by atoms with Crippen LogP contribution in [0.25, 0.3) is 0 Å². The third kappa shape index (κ3) is 5.16. The number of rotatable bonds is 7. The summed E-state index contributed by atoms with van der Waals surface area (Å²) in [7, 11) is 0. The van der Waals surface area contributed by atoms with Crippen LogP contribution >= 0.6 is 0 Å². The van der Waals surface area contributed by atoms with Gasteiger partial charge in [-0.2, -0.15) is 0 Å². The Hall–Kier alpha value is -1.69. The highest BCUT2D eigenvalue weighted by Gasteiger charge is 2.44. The van der Waals surface area contributed by atoms with E-state index in [2.05, 4.69) is 0 Å². The molecule has 2 atom stereocenters. The van der Waals surface area contributed by atoms with Crippen LogP contribution in [0.3, 0.4) is 0 Å². The molecule has 1 heterocycles. The summed E-state index contributed by atoms with van der Waals surface area (Å²) in [5.41, 5.74) is 1.08. The van der Waals surface area contributed by atoms with Crippen LogP contribution in [0.4, 0.5) is 0 Å². The lowest BCUT2D eigenvalue weighted by Crippen LogP contribution is -2.36. The molecule has 5 nitrogen and oxygen atoms in total. The van der Waals surface area contributed by atoms with Gasteiger partial charge in [0, 0.05) is 18.9 Å². The summed E-state index contributed by atoms with van der Waals surface area (Å²) in [6.45, 7) is 3.07. The Labute approximate surface area is 155 Å². The van der Waals surface area contributed by atoms with Crippen LogP contribution in [-0.2, 0) is 30.3 Å². The van der Waals surface area contributed by atoms with E-state index in [1.807, 2.05) is 30.3 Å². The summed E-state index contributed by atoms with van der Waals surface area (Å²) in [6, 6.07) is 9.96. The van der Waals surface area contributed by atoms with E-state index < -0.39 is 5.79 Å². The van der Waals surface area contributed by atoms with Crippen molar-refractivity contribution in [3.05, 3.63) is 48.0 Å². The number of hydrogen-bond acceptors (Lipinski definition) is 5. The van der Waals surface area contributed by atoms with Crippen molar-refractivity contribution in [2.24, 2.45) is 0 Å². The van der Waals surface area contributed by atoms with Crippen LogP contribution in [0.15, 0.2) is 42.5 Å². The molecule has 1 aliphatic carbocycles. The van der Waals surface area contributed by atoms with Gasteiger partial charge in [-0.25, -0.2) is 4.79 Å². The zero-order chi connectivity index (χ0) is 18.2. The Morgan fingerprint density at radius 1 is 1.27 bits per heavy atom. The van der Waals surface area contributed by atoms with E-state index in [9.17, 15) is 4.79 Å². The second-order valence-electron chi connectivity index (χ2n) is 6.81. The molecule has 0 bridgehead atoms. The maximum absolute atomic E-state index is 11.7. The Morgan fingerprint density at radius 3 is 2.77 bits per heavy atom. The molecular weight excluding hydrogens is 332 g/mol. The molecule has 2 aliphatic rings. The highest BCUT2D eigenvalue weighted by molar-refractivity contribution is 5.81. The minimum absolute atomic E-state index is 0.220. The molecule has 1 unspecified atom stereocenters. The van der Waals surface area contributed by atoms with Gasteiger partial charge in [0.15, 0.2) is 5.79 Å². The molecule has 142 valence electrons. The predicted molar refractivity (Wildman–Crippen MR) is 97.4 cm³/mol. The molecule has 0 amide bonds. The van der Waals surface area contributed by atoms with E-state index in [0.29, 0.717) is 19.8 Å². The zero-order valence-electron chi connectivity index (χ0n) is 15.4. The van der Waals surface area contributed by atoms with E-state index in [0.717, 1.165) is 31.2 Å². The van der Waals surface area contributed by atoms with Crippen LogP contribution < -0.4 is 0 Å². The molecule has 1 aromatic rings. The molecule has 1 aromatic carbocycles. The fourth-order valence-corrected chi connectivity index (χ4v) is 3.51. The number of ether oxygens (including phenoxy) is 4. The van der Waals surface area contributed by atoms with Crippen LogP contribution in [0, 0.1) is 0 Å². The molecule has 26 heavy (non-hydrogen) atoms. The molecule has 0 radical (unpaired) electrons. The maximum atomic E-state index is 11.7. The number of esters is 1. The van der Waals surface area contributed by atoms with E-state index in [1.54, 1.807) is 13.0 Å². The molecule has 3 rings (SSSR count). The van der Waals surface area contributed by atoms with Crippen molar-refractivity contribution in [2.75, 3.05) is 13.2 Å². The fraction of sp³-hybridized carbons (Fsp3) is 0.571. The van der Waals surface area contributed by atoms with Gasteiger partial charge >= 0.3 is 5.97 Å². The molecule has 1 saturated carbocycles. The predicted octanol–water partition coefficient (Wildman–Crippen LogP) is 3.77. The van der Waals surface area contributed by atoms with Gasteiger partial charge in [-0.05, 0) is 31.4 Å². The molecule has 5 heteroatoms. The van der Waals surface area contributed by atoms with Crippen molar-refractivity contribution in [2.45, 2.75) is 63.6 Å². The average Bonchev–Trinajstić information content (AvgIpc) is 3.06. The van der Waals surface area contributed by atoms with Gasteiger partial charge in [-0.1, -0.05) is 36.8 Å². The summed E-state index contributed by atoms with van der Waals surface area (Å²) in [6.07, 6.45) is 7.92. The number of benzene rings is 1. The van der Waals surface area contributed by atoms with Crippen molar-refractivity contribution < 1.29 is 23.7 Å². The summed E-state index contributed by atoms with van der Waals surface area (Å²) in [4.78, 5) is 11.7. The minimum atomic E-state index is -0.463. The Balaban J connectivity index is 1.65. The van der Waals surface area contributed by atoms with E-state index in [1.165, 1.54) is 12.5 Å². The highest BCUT2D eigenvalue weighted by Crippen LogP contribution is 2.39. The first-order valence-electron chi connectivity index (χ1n) is 9.53. The summed E-state index contributed by atoms with van der Waals surface area (Å²) in [5.74, 6) is -0.832. The van der Waals surface area contributed by atoms with Gasteiger partial charge in [0.05, 0.1) is 19.8 Å². The van der Waals surface area contributed by atoms with Crippen molar-refractivity contribution in [1.29, 1.82) is 0 Å². The first-order chi connectivity index (χ1) is 12.7. The second-order valence-corrected chi connectivity index (χ2v) is 6.81. The van der Waals surface area contributed by atoms with Gasteiger partial charge in [-0.15, -0.1) is 0 Å². The van der Waals surface area contributed by atoms with Crippen molar-refractivity contribution in [3.8, 4) is 0 Å². The van der Waals surface area contributed by atoms with Gasteiger partial charge < -0.3 is 18.9 Å². The third-order valence-electron chi connectivity index (χ3n) is 4.85. The number of hydrogen-bond donors (Lipinski definition) is 0. The average molecular weight is 360 g/mol. The largest absolute Gasteiger partial charge is 0.463 e. The lowest BCUT2D eigenvalue weighted by Gasteiger charge is -2.32. The molecule has 0 aromatic heterocycles. The lowest BCUT2D eigenvalue weighted by molar-refractivity contribution is -0.196. The summed E-state index contributed by atoms with van der Waals surface area (Å²) in [5, 5.41) is 0. The summed E-state index contributed by atoms with van der Waals surface area (Å²) >= 11 is 0. The number of carbonyl (C=O) groups is 1. The van der Waals surface area contributed by atoms with E-state index in [4.69, 9.17) is 18.9 Å². The molecule has 2 fully saturated rings. The lowest BCUT2D eigenvalue weighted by atomic mass is 9.94. The smallest absolute Gasteiger partial charge is 0.330 e. The van der Waals surface area contributed by atoms with E-state index in [-0.39, 0.29) is 18.2 Å².